The van der Waals surface area contributed by atoms with Crippen molar-refractivity contribution in [1.29, 1.82) is 0 Å². The van der Waals surface area contributed by atoms with E-state index < -0.39 is 24.8 Å². The third-order valence-electron chi connectivity index (χ3n) is 9.39. The van der Waals surface area contributed by atoms with Gasteiger partial charge in [-0.15, -0.1) is 0 Å². The largest absolute Gasteiger partial charge is 0.870 e. The first-order chi connectivity index (χ1) is 25.1. The summed E-state index contributed by atoms with van der Waals surface area (Å²) in [6.07, 6.45) is 3.52. The number of pyridine rings is 1. The van der Waals surface area contributed by atoms with Gasteiger partial charge in [-0.1, -0.05) is 53.5 Å². The molecule has 3 aliphatic heterocycles. The molecule has 2 atom stereocenters. The van der Waals surface area contributed by atoms with Crippen LogP contribution < -0.4 is 24.1 Å². The molecule has 15 heteroatoms. The van der Waals surface area contributed by atoms with Gasteiger partial charge in [0.15, 0.2) is 23.9 Å². The molecular weight excluding hydrogens is 735 g/mol. The monoisotopic (exact) mass is 773 g/mol. The Balaban J connectivity index is 0.00000541. The minimum absolute atomic E-state index is 0. The van der Waals surface area contributed by atoms with E-state index in [1.807, 2.05) is 12.1 Å². The lowest BCUT2D eigenvalue weighted by Gasteiger charge is -2.44. The third kappa shape index (κ3) is 9.46. The second-order valence-electron chi connectivity index (χ2n) is 12.5. The molecular formula is C38H39Cl2F2N3O8. The lowest BCUT2D eigenvalue weighted by molar-refractivity contribution is -0.377. The van der Waals surface area contributed by atoms with Crippen LogP contribution in [0.2, 0.25) is 10.0 Å². The van der Waals surface area contributed by atoms with Gasteiger partial charge < -0.3 is 29.2 Å². The number of esters is 1. The summed E-state index contributed by atoms with van der Waals surface area (Å²) in [5, 5.41) is 0.628. The van der Waals surface area contributed by atoms with Crippen molar-refractivity contribution in [3.05, 3.63) is 111 Å². The highest BCUT2D eigenvalue weighted by atomic mass is 35.5. The van der Waals surface area contributed by atoms with Gasteiger partial charge in [0.05, 0.1) is 32.0 Å². The topological polar surface area (TPSA) is 131 Å². The van der Waals surface area contributed by atoms with Gasteiger partial charge in [-0.25, -0.2) is 14.6 Å². The average Bonchev–Trinajstić information content (AvgIpc) is 3.15. The standard InChI is InChI=1S/C38H37Cl2F2N3O7.H2O/c1-48-31-6-4-3-5-30(31)45(38(47)52-35-22-44-15-13-24(35)14-16-44)21-23-7-9-25(10-8-23)36(46)50-33(18-27-28(39)19-43-20-29(27)40)26-11-12-32(51-37(41)42)34(17-26)49-2;/h3-12,17,19-20,24,33,35,37H,13-16,18,21-22H2,1-2H3;1H2/t33-,35-;/m0./s1. The van der Waals surface area contributed by atoms with Gasteiger partial charge in [0, 0.05) is 18.5 Å². The Hall–Kier alpha value is -4.69. The minimum Gasteiger partial charge on any atom is -0.870 e. The van der Waals surface area contributed by atoms with Crippen LogP contribution in [0, 0.1) is 5.92 Å². The molecule has 0 aliphatic carbocycles. The van der Waals surface area contributed by atoms with E-state index in [0.717, 1.165) is 38.0 Å². The number of amides is 1. The van der Waals surface area contributed by atoms with Gasteiger partial charge in [0.2, 0.25) is 0 Å². The summed E-state index contributed by atoms with van der Waals surface area (Å²) < 4.78 is 53.6. The Morgan fingerprint density at radius 1 is 0.925 bits per heavy atom. The Morgan fingerprint density at radius 2 is 1.60 bits per heavy atom. The number of carbonyl (C=O) groups excluding carboxylic acids is 2. The number of H-pyrrole nitrogens is 1. The smallest absolute Gasteiger partial charge is 0.415 e. The number of para-hydroxylation sites is 2. The molecule has 0 saturated carbocycles. The molecule has 3 aliphatic rings. The van der Waals surface area contributed by atoms with Crippen LogP contribution in [0.5, 0.6) is 17.2 Å². The van der Waals surface area contributed by atoms with E-state index in [0.29, 0.717) is 38.5 Å². The zero-order chi connectivity index (χ0) is 36.8. The molecule has 0 radical (unpaired) electrons. The van der Waals surface area contributed by atoms with Gasteiger partial charge >= 0.3 is 18.7 Å². The first-order valence-corrected chi connectivity index (χ1v) is 17.5. The second-order valence-corrected chi connectivity index (χ2v) is 13.3. The number of ether oxygens (including phenoxy) is 5. The number of carbonyl (C=O) groups is 2. The van der Waals surface area contributed by atoms with Crippen molar-refractivity contribution in [2.75, 3.05) is 38.8 Å². The molecule has 53 heavy (non-hydrogen) atoms. The second kappa shape index (κ2) is 17.9. The molecule has 3 fully saturated rings. The predicted molar refractivity (Wildman–Crippen MR) is 191 cm³/mol. The molecule has 282 valence electrons. The number of methoxy groups -OCH3 is 2. The fourth-order valence-corrected chi connectivity index (χ4v) is 7.16. The summed E-state index contributed by atoms with van der Waals surface area (Å²) in [6, 6.07) is 18.2. The lowest BCUT2D eigenvalue weighted by Crippen LogP contribution is -2.53. The first kappa shape index (κ1) is 39.5. The number of alkyl halides is 2. The van der Waals surface area contributed by atoms with Gasteiger partial charge in [0.1, 0.15) is 28.0 Å². The summed E-state index contributed by atoms with van der Waals surface area (Å²) >= 11 is 12.9. The Kier molecular flexibility index (Phi) is 13.3. The predicted octanol–water partition coefficient (Wildman–Crippen LogP) is 7.63. The lowest BCUT2D eigenvalue weighted by atomic mass is 9.86. The molecule has 3 saturated heterocycles. The van der Waals surface area contributed by atoms with Gasteiger partial charge in [-0.2, -0.15) is 8.78 Å². The van der Waals surface area contributed by atoms with Crippen molar-refractivity contribution < 1.29 is 52.5 Å². The van der Waals surface area contributed by atoms with Crippen molar-refractivity contribution in [3.63, 3.8) is 0 Å². The van der Waals surface area contributed by atoms with Crippen LogP contribution in [-0.4, -0.2) is 69.0 Å². The van der Waals surface area contributed by atoms with Crippen molar-refractivity contribution >= 4 is 41.0 Å². The number of nitrogens with zero attached hydrogens (tertiary/aromatic N) is 2. The van der Waals surface area contributed by atoms with Crippen LogP contribution in [0.3, 0.4) is 0 Å². The summed E-state index contributed by atoms with van der Waals surface area (Å²) in [7, 11) is 2.86. The molecule has 3 aromatic carbocycles. The summed E-state index contributed by atoms with van der Waals surface area (Å²) in [5.41, 5.74) is 2.44. The fraction of sp³-hybridized carbons (Fsp3) is 0.342. The van der Waals surface area contributed by atoms with E-state index >= 15 is 0 Å². The molecule has 1 aromatic heterocycles. The van der Waals surface area contributed by atoms with Crippen LogP contribution in [-0.2, 0) is 22.4 Å². The van der Waals surface area contributed by atoms with Crippen LogP contribution in [0.25, 0.3) is 0 Å². The molecule has 11 nitrogen and oxygen atoms in total. The Morgan fingerprint density at radius 3 is 2.23 bits per heavy atom. The maximum Gasteiger partial charge on any atom is 0.415 e. The molecule has 2 N–H and O–H groups in total. The molecule has 7 rings (SSSR count). The van der Waals surface area contributed by atoms with Crippen molar-refractivity contribution in [2.45, 2.75) is 44.6 Å². The number of nitrogens with one attached hydrogen (secondary N) is 1. The number of hydrogen-bond acceptors (Lipinski definition) is 9. The number of benzene rings is 3. The van der Waals surface area contributed by atoms with E-state index in [4.69, 9.17) is 42.1 Å². The zero-order valence-electron chi connectivity index (χ0n) is 29.0. The van der Waals surface area contributed by atoms with Crippen LogP contribution >= 0.6 is 23.2 Å². The van der Waals surface area contributed by atoms with Crippen molar-refractivity contribution in [1.82, 2.24) is 4.90 Å². The van der Waals surface area contributed by atoms with E-state index in [-0.39, 0.29) is 41.6 Å². The third-order valence-corrected chi connectivity index (χ3v) is 10.1. The van der Waals surface area contributed by atoms with E-state index in [1.165, 1.54) is 25.3 Å². The van der Waals surface area contributed by atoms with Crippen molar-refractivity contribution in [2.24, 2.45) is 5.92 Å². The zero-order valence-corrected chi connectivity index (χ0v) is 30.5. The Labute approximate surface area is 315 Å². The molecule has 2 bridgehead atoms. The summed E-state index contributed by atoms with van der Waals surface area (Å²) in [4.78, 5) is 34.1. The average molecular weight is 775 g/mol. The molecule has 0 unspecified atom stereocenters. The van der Waals surface area contributed by atoms with Gasteiger partial charge in [-0.05, 0) is 79.4 Å². The van der Waals surface area contributed by atoms with Crippen LogP contribution in [0.4, 0.5) is 19.3 Å². The maximum absolute atomic E-state index is 13.8. The molecule has 0 spiro atoms. The normalized spacial score (nSPS) is 18.1. The number of hydrogen-bond donors (Lipinski definition) is 0. The Bertz CT molecular complexity index is 1860. The minimum atomic E-state index is -3.06. The highest BCUT2D eigenvalue weighted by molar-refractivity contribution is 6.35. The van der Waals surface area contributed by atoms with E-state index in [9.17, 15) is 18.4 Å². The summed E-state index contributed by atoms with van der Waals surface area (Å²) in [5.74, 6) is 0.0263. The molecule has 4 heterocycles. The highest BCUT2D eigenvalue weighted by Gasteiger charge is 2.38. The van der Waals surface area contributed by atoms with E-state index in [2.05, 4.69) is 14.6 Å². The number of aromatic nitrogens is 1. The SMILES string of the molecule is COc1cc([C@H](Cc2c(Cl)c[nH+]cc2Cl)OC(=O)c2ccc(CN(C(=O)O[C@H]3CN4CCC3CC4)c3ccccc3OC)cc2)ccc1OC(F)F.[OH-]. The number of aromatic amines is 1. The van der Waals surface area contributed by atoms with Gasteiger partial charge in [0.25, 0.3) is 0 Å². The first-order valence-electron chi connectivity index (χ1n) is 16.7. The fourth-order valence-electron chi connectivity index (χ4n) is 6.63. The number of rotatable bonds is 13. The number of fused-ring (bicyclic) bond motifs is 3. The molecule has 4 aromatic rings. The highest BCUT2D eigenvalue weighted by Crippen LogP contribution is 2.37. The summed E-state index contributed by atoms with van der Waals surface area (Å²) in [6.45, 7) is -0.156. The van der Waals surface area contributed by atoms with E-state index in [1.54, 1.807) is 60.8 Å². The van der Waals surface area contributed by atoms with Gasteiger partial charge in [-0.3, -0.25) is 9.80 Å². The number of anilines is 1. The van der Waals surface area contributed by atoms with Crippen LogP contribution in [0.1, 0.15) is 46.0 Å². The molecule has 1 amide bonds. The quantitative estimate of drug-likeness (QED) is 0.126. The number of piperidine rings is 3. The van der Waals surface area contributed by atoms with Crippen molar-refractivity contribution in [3.8, 4) is 17.2 Å². The maximum atomic E-state index is 13.8. The number of halogens is 4. The van der Waals surface area contributed by atoms with Crippen LogP contribution in [0.15, 0.2) is 79.1 Å².